The van der Waals surface area contributed by atoms with Gasteiger partial charge in [0.1, 0.15) is 11.5 Å². The van der Waals surface area contributed by atoms with E-state index in [1.807, 2.05) is 0 Å². The van der Waals surface area contributed by atoms with Crippen LogP contribution in [0.3, 0.4) is 0 Å². The Morgan fingerprint density at radius 3 is 2.38 bits per heavy atom. The highest BCUT2D eigenvalue weighted by Gasteiger charge is 2.36. The van der Waals surface area contributed by atoms with Crippen LogP contribution in [0.25, 0.3) is 0 Å². The van der Waals surface area contributed by atoms with Crippen LogP contribution in [0.2, 0.25) is 0 Å². The lowest BCUT2D eigenvalue weighted by atomic mass is 10.0. The van der Waals surface area contributed by atoms with Crippen LogP contribution in [0.4, 0.5) is 5.69 Å². The summed E-state index contributed by atoms with van der Waals surface area (Å²) in [6.07, 6.45) is 1.00. The average Bonchev–Trinajstić information content (AvgIpc) is 3.02. The van der Waals surface area contributed by atoms with Crippen molar-refractivity contribution in [3.05, 3.63) is 18.2 Å². The van der Waals surface area contributed by atoms with E-state index in [4.69, 9.17) is 15.2 Å². The van der Waals surface area contributed by atoms with Crippen LogP contribution in [0.1, 0.15) is 26.7 Å². The van der Waals surface area contributed by atoms with Crippen molar-refractivity contribution in [2.45, 2.75) is 32.7 Å². The fourth-order valence-corrected chi connectivity index (χ4v) is 3.18. The van der Waals surface area contributed by atoms with Crippen molar-refractivity contribution < 1.29 is 19.1 Å². The van der Waals surface area contributed by atoms with E-state index in [2.05, 4.69) is 19.2 Å². The smallest absolute Gasteiger partial charge is 0.227 e. The van der Waals surface area contributed by atoms with Gasteiger partial charge in [-0.2, -0.15) is 0 Å². The third-order valence-corrected chi connectivity index (χ3v) is 4.53. The molecule has 1 heterocycles. The maximum Gasteiger partial charge on any atom is 0.227 e. The van der Waals surface area contributed by atoms with Crippen molar-refractivity contribution in [2.75, 3.05) is 32.2 Å². The van der Waals surface area contributed by atoms with Crippen molar-refractivity contribution in [1.29, 1.82) is 0 Å². The predicted molar refractivity (Wildman–Crippen MR) is 100 cm³/mol. The zero-order chi connectivity index (χ0) is 19.3. The summed E-state index contributed by atoms with van der Waals surface area (Å²) in [5.74, 6) is 1.04. The quantitative estimate of drug-likeness (QED) is 0.731. The van der Waals surface area contributed by atoms with E-state index in [1.54, 1.807) is 37.3 Å². The minimum absolute atomic E-state index is 0.0661. The number of anilines is 1. The van der Waals surface area contributed by atoms with Crippen LogP contribution < -0.4 is 25.4 Å². The summed E-state index contributed by atoms with van der Waals surface area (Å²) in [7, 11) is 3.12. The lowest BCUT2D eigenvalue weighted by Crippen LogP contribution is -2.44. The molecule has 0 saturated carbocycles. The van der Waals surface area contributed by atoms with Gasteiger partial charge in [0, 0.05) is 43.8 Å². The number of ether oxygens (including phenoxy) is 2. The maximum absolute atomic E-state index is 12.6. The van der Waals surface area contributed by atoms with Crippen LogP contribution in [0.15, 0.2) is 18.2 Å². The summed E-state index contributed by atoms with van der Waals surface area (Å²) in [6.45, 7) is 4.90. The molecular formula is C19H29N3O4. The molecule has 26 heavy (non-hydrogen) atoms. The van der Waals surface area contributed by atoms with E-state index in [0.717, 1.165) is 6.42 Å². The second-order valence-electron chi connectivity index (χ2n) is 7.05. The molecule has 7 heteroatoms. The summed E-state index contributed by atoms with van der Waals surface area (Å²) in [6, 6.07) is 5.21. The predicted octanol–water partition coefficient (Wildman–Crippen LogP) is 1.55. The van der Waals surface area contributed by atoms with Gasteiger partial charge in [-0.15, -0.1) is 0 Å². The van der Waals surface area contributed by atoms with E-state index in [0.29, 0.717) is 36.2 Å². The highest BCUT2D eigenvalue weighted by Crippen LogP contribution is 2.32. The molecule has 0 aromatic heterocycles. The molecule has 1 fully saturated rings. The number of carbonyl (C=O) groups is 2. The van der Waals surface area contributed by atoms with E-state index >= 15 is 0 Å². The lowest BCUT2D eigenvalue weighted by Gasteiger charge is -2.21. The molecule has 1 aromatic rings. The summed E-state index contributed by atoms with van der Waals surface area (Å²) in [5, 5.41) is 2.99. The van der Waals surface area contributed by atoms with E-state index in [1.165, 1.54) is 0 Å². The first kappa shape index (κ1) is 20.0. The first-order chi connectivity index (χ1) is 12.4. The van der Waals surface area contributed by atoms with Crippen LogP contribution in [0, 0.1) is 11.8 Å². The Balaban J connectivity index is 2.09. The molecule has 2 rings (SSSR count). The minimum atomic E-state index is -0.388. The minimum Gasteiger partial charge on any atom is -0.497 e. The summed E-state index contributed by atoms with van der Waals surface area (Å²) in [5.41, 5.74) is 6.42. The molecule has 0 spiro atoms. The molecule has 2 amide bonds. The molecule has 1 aromatic carbocycles. The number of amides is 2. The molecule has 1 saturated heterocycles. The van der Waals surface area contributed by atoms with Gasteiger partial charge in [-0.05, 0) is 12.3 Å². The second-order valence-corrected chi connectivity index (χ2v) is 7.05. The topological polar surface area (TPSA) is 93.9 Å². The molecule has 0 radical (unpaired) electrons. The van der Waals surface area contributed by atoms with Gasteiger partial charge < -0.3 is 25.4 Å². The Kier molecular flexibility index (Phi) is 6.85. The molecular weight excluding hydrogens is 334 g/mol. The Hall–Kier alpha value is -2.28. The monoisotopic (exact) mass is 363 g/mol. The van der Waals surface area contributed by atoms with Gasteiger partial charge in [0.15, 0.2) is 0 Å². The molecule has 0 bridgehead atoms. The maximum atomic E-state index is 12.6. The first-order valence-electron chi connectivity index (χ1n) is 8.91. The Bertz CT molecular complexity index is 625. The summed E-state index contributed by atoms with van der Waals surface area (Å²) in [4.78, 5) is 26.6. The van der Waals surface area contributed by atoms with Gasteiger partial charge in [-0.25, -0.2) is 0 Å². The largest absolute Gasteiger partial charge is 0.497 e. The second kappa shape index (κ2) is 8.89. The number of nitrogens with zero attached hydrogens (tertiary/aromatic N) is 1. The van der Waals surface area contributed by atoms with Crippen molar-refractivity contribution in [2.24, 2.45) is 17.6 Å². The zero-order valence-electron chi connectivity index (χ0n) is 16.0. The fraction of sp³-hybridized carbons (Fsp3) is 0.579. The van der Waals surface area contributed by atoms with Gasteiger partial charge >= 0.3 is 0 Å². The first-order valence-corrected chi connectivity index (χ1v) is 8.91. The third kappa shape index (κ3) is 4.88. The number of methoxy groups -OCH3 is 2. The van der Waals surface area contributed by atoms with Crippen LogP contribution in [-0.2, 0) is 9.59 Å². The fourth-order valence-electron chi connectivity index (χ4n) is 3.18. The standard InChI is InChI=1S/C19H29N3O4/c1-12(2)5-14(10-20)21-19(24)13-6-18(23)22(11-13)15-7-16(25-3)9-17(8-15)26-4/h7-9,12-14H,5-6,10-11,20H2,1-4H3,(H,21,24). The number of nitrogens with two attached hydrogens (primary N) is 1. The number of hydrogen-bond acceptors (Lipinski definition) is 5. The van der Waals surface area contributed by atoms with Crippen LogP contribution in [0.5, 0.6) is 11.5 Å². The number of benzene rings is 1. The number of rotatable bonds is 8. The lowest BCUT2D eigenvalue weighted by molar-refractivity contribution is -0.127. The molecule has 2 unspecified atom stereocenters. The third-order valence-electron chi connectivity index (χ3n) is 4.53. The number of carbonyl (C=O) groups excluding carboxylic acids is 2. The van der Waals surface area contributed by atoms with Crippen molar-refractivity contribution >= 4 is 17.5 Å². The van der Waals surface area contributed by atoms with Gasteiger partial charge in [-0.3, -0.25) is 9.59 Å². The van der Waals surface area contributed by atoms with Gasteiger partial charge in [0.2, 0.25) is 11.8 Å². The van der Waals surface area contributed by atoms with Crippen molar-refractivity contribution in [3.63, 3.8) is 0 Å². The Labute approximate surface area is 154 Å². The molecule has 144 valence electrons. The molecule has 1 aliphatic heterocycles. The van der Waals surface area contributed by atoms with Crippen LogP contribution >= 0.6 is 0 Å². The highest BCUT2D eigenvalue weighted by molar-refractivity contribution is 6.00. The summed E-state index contributed by atoms with van der Waals surface area (Å²) >= 11 is 0. The van der Waals surface area contributed by atoms with Gasteiger partial charge in [0.05, 0.1) is 25.8 Å². The highest BCUT2D eigenvalue weighted by atomic mass is 16.5. The number of nitrogens with one attached hydrogen (secondary N) is 1. The average molecular weight is 363 g/mol. The zero-order valence-corrected chi connectivity index (χ0v) is 16.0. The molecule has 3 N–H and O–H groups in total. The van der Waals surface area contributed by atoms with E-state index < -0.39 is 0 Å². The molecule has 1 aliphatic rings. The van der Waals surface area contributed by atoms with E-state index in [9.17, 15) is 9.59 Å². The number of hydrogen-bond donors (Lipinski definition) is 2. The Morgan fingerprint density at radius 1 is 1.27 bits per heavy atom. The SMILES string of the molecule is COc1cc(OC)cc(N2CC(C(=O)NC(CN)CC(C)C)CC2=O)c1. The molecule has 7 nitrogen and oxygen atoms in total. The van der Waals surface area contributed by atoms with E-state index in [-0.39, 0.29) is 30.2 Å². The van der Waals surface area contributed by atoms with Crippen molar-refractivity contribution in [1.82, 2.24) is 5.32 Å². The van der Waals surface area contributed by atoms with Crippen LogP contribution in [-0.4, -0.2) is 45.2 Å². The summed E-state index contributed by atoms with van der Waals surface area (Å²) < 4.78 is 10.5. The Morgan fingerprint density at radius 2 is 1.88 bits per heavy atom. The molecule has 0 aliphatic carbocycles. The molecule has 2 atom stereocenters. The van der Waals surface area contributed by atoms with Gasteiger partial charge in [0.25, 0.3) is 0 Å². The van der Waals surface area contributed by atoms with Crippen molar-refractivity contribution in [3.8, 4) is 11.5 Å². The normalized spacial score (nSPS) is 18.2. The van der Waals surface area contributed by atoms with Gasteiger partial charge in [-0.1, -0.05) is 13.8 Å².